The molecule has 1 fully saturated rings. The van der Waals surface area contributed by atoms with Gasteiger partial charge in [-0.05, 0) is 30.5 Å². The summed E-state index contributed by atoms with van der Waals surface area (Å²) in [7, 11) is -3.53. The Balaban J connectivity index is 2.27. The molecule has 2 atom stereocenters. The molecule has 1 heterocycles. The van der Waals surface area contributed by atoms with E-state index in [1.165, 1.54) is 4.31 Å². The monoisotopic (exact) mass is 313 g/mol. The number of aliphatic hydroxyl groups excluding tert-OH is 1. The van der Waals surface area contributed by atoms with Crippen LogP contribution in [0.5, 0.6) is 0 Å². The fraction of sp³-hybridized carbons (Fsp3) is 0.600. The molecule has 2 unspecified atom stereocenters. The minimum absolute atomic E-state index is 0.0436. The van der Waals surface area contributed by atoms with Gasteiger partial charge in [0.1, 0.15) is 0 Å². The molecule has 21 heavy (non-hydrogen) atoms. The number of hydrogen-bond donors (Lipinski definition) is 1. The Bertz CT molecular complexity index is 573. The molecule has 118 valence electrons. The molecule has 1 aromatic carbocycles. The van der Waals surface area contributed by atoms with E-state index in [2.05, 4.69) is 0 Å². The molecular weight excluding hydrogens is 290 g/mol. The zero-order valence-corrected chi connectivity index (χ0v) is 13.3. The van der Waals surface area contributed by atoms with Crippen LogP contribution in [0.15, 0.2) is 29.2 Å². The van der Waals surface area contributed by atoms with Crippen molar-refractivity contribution in [3.05, 3.63) is 29.8 Å². The highest BCUT2D eigenvalue weighted by Gasteiger charge is 2.30. The maximum absolute atomic E-state index is 12.7. The Labute approximate surface area is 126 Å². The van der Waals surface area contributed by atoms with Crippen molar-refractivity contribution in [2.24, 2.45) is 0 Å². The van der Waals surface area contributed by atoms with Gasteiger partial charge in [-0.1, -0.05) is 26.0 Å². The Morgan fingerprint density at radius 3 is 2.86 bits per heavy atom. The SMILES string of the molecule is CCC1CN(S(=O)(=O)c2cccc(C(O)CC)c2)CCO1. The highest BCUT2D eigenvalue weighted by Crippen LogP contribution is 2.24. The van der Waals surface area contributed by atoms with E-state index in [0.717, 1.165) is 6.42 Å². The maximum atomic E-state index is 12.7. The Hall–Kier alpha value is -0.950. The maximum Gasteiger partial charge on any atom is 0.243 e. The summed E-state index contributed by atoms with van der Waals surface area (Å²) in [5.74, 6) is 0. The number of aliphatic hydroxyl groups is 1. The van der Waals surface area contributed by atoms with E-state index in [1.54, 1.807) is 24.3 Å². The number of morpholine rings is 1. The van der Waals surface area contributed by atoms with E-state index in [9.17, 15) is 13.5 Å². The van der Waals surface area contributed by atoms with Gasteiger partial charge in [-0.2, -0.15) is 4.31 Å². The van der Waals surface area contributed by atoms with Gasteiger partial charge in [0.05, 0.1) is 23.7 Å². The predicted molar refractivity (Wildman–Crippen MR) is 80.5 cm³/mol. The van der Waals surface area contributed by atoms with E-state index in [1.807, 2.05) is 13.8 Å². The van der Waals surface area contributed by atoms with Gasteiger partial charge < -0.3 is 9.84 Å². The Morgan fingerprint density at radius 1 is 1.43 bits per heavy atom. The van der Waals surface area contributed by atoms with Crippen LogP contribution < -0.4 is 0 Å². The lowest BCUT2D eigenvalue weighted by Crippen LogP contribution is -2.45. The summed E-state index contributed by atoms with van der Waals surface area (Å²) < 4.78 is 32.4. The molecule has 1 saturated heterocycles. The zero-order chi connectivity index (χ0) is 15.5. The largest absolute Gasteiger partial charge is 0.388 e. The first-order valence-corrected chi connectivity index (χ1v) is 8.82. The van der Waals surface area contributed by atoms with Gasteiger partial charge >= 0.3 is 0 Å². The third-order valence-corrected chi connectivity index (χ3v) is 5.69. The molecule has 0 saturated carbocycles. The molecule has 2 rings (SSSR count). The Morgan fingerprint density at radius 2 is 2.19 bits per heavy atom. The second-order valence-corrected chi connectivity index (χ2v) is 7.20. The molecule has 0 bridgehead atoms. The van der Waals surface area contributed by atoms with Crippen LogP contribution in [0.3, 0.4) is 0 Å². The molecule has 0 aliphatic carbocycles. The third-order valence-electron chi connectivity index (χ3n) is 3.82. The van der Waals surface area contributed by atoms with E-state index < -0.39 is 16.1 Å². The predicted octanol–water partition coefficient (Wildman–Crippen LogP) is 1.93. The first-order chi connectivity index (χ1) is 9.98. The summed E-state index contributed by atoms with van der Waals surface area (Å²) in [4.78, 5) is 0.240. The molecule has 5 nitrogen and oxygen atoms in total. The normalized spacial score (nSPS) is 22.1. The van der Waals surface area contributed by atoms with Crippen LogP contribution in [0.4, 0.5) is 0 Å². The molecule has 1 aliphatic heterocycles. The van der Waals surface area contributed by atoms with Crippen molar-refractivity contribution in [2.45, 2.75) is 43.8 Å². The summed E-state index contributed by atoms with van der Waals surface area (Å²) in [5.41, 5.74) is 0.638. The molecule has 0 radical (unpaired) electrons. The second-order valence-electron chi connectivity index (χ2n) is 5.26. The second kappa shape index (κ2) is 6.87. The first kappa shape index (κ1) is 16.4. The molecule has 0 aromatic heterocycles. The number of sulfonamides is 1. The van der Waals surface area contributed by atoms with Gasteiger partial charge in [-0.25, -0.2) is 8.42 Å². The molecule has 1 aliphatic rings. The molecule has 1 N–H and O–H groups in total. The van der Waals surface area contributed by atoms with Crippen molar-refractivity contribution in [2.75, 3.05) is 19.7 Å². The van der Waals surface area contributed by atoms with Crippen LogP contribution in [-0.2, 0) is 14.8 Å². The van der Waals surface area contributed by atoms with Crippen molar-refractivity contribution >= 4 is 10.0 Å². The first-order valence-electron chi connectivity index (χ1n) is 7.38. The lowest BCUT2D eigenvalue weighted by Gasteiger charge is -2.31. The highest BCUT2D eigenvalue weighted by atomic mass is 32.2. The van der Waals surface area contributed by atoms with Crippen LogP contribution in [0.25, 0.3) is 0 Å². The van der Waals surface area contributed by atoms with Gasteiger partial charge in [-0.3, -0.25) is 0 Å². The van der Waals surface area contributed by atoms with E-state index in [0.29, 0.717) is 31.7 Å². The summed E-state index contributed by atoms with van der Waals surface area (Å²) in [6, 6.07) is 6.58. The van der Waals surface area contributed by atoms with Gasteiger partial charge in [-0.15, -0.1) is 0 Å². The van der Waals surface area contributed by atoms with Crippen LogP contribution in [-0.4, -0.2) is 43.6 Å². The lowest BCUT2D eigenvalue weighted by atomic mass is 10.1. The van der Waals surface area contributed by atoms with Crippen LogP contribution >= 0.6 is 0 Å². The number of hydrogen-bond acceptors (Lipinski definition) is 4. The van der Waals surface area contributed by atoms with E-state index >= 15 is 0 Å². The molecule has 1 aromatic rings. The van der Waals surface area contributed by atoms with Crippen molar-refractivity contribution in [3.8, 4) is 0 Å². The summed E-state index contributed by atoms with van der Waals surface area (Å²) in [6.45, 7) is 5.03. The van der Waals surface area contributed by atoms with Crippen LogP contribution in [0, 0.1) is 0 Å². The average molecular weight is 313 g/mol. The lowest BCUT2D eigenvalue weighted by molar-refractivity contribution is -0.00278. The van der Waals surface area contributed by atoms with Crippen molar-refractivity contribution < 1.29 is 18.3 Å². The van der Waals surface area contributed by atoms with Gasteiger partial charge in [0.2, 0.25) is 10.0 Å². The third kappa shape index (κ3) is 3.63. The minimum Gasteiger partial charge on any atom is -0.388 e. The summed E-state index contributed by atoms with van der Waals surface area (Å²) in [5, 5.41) is 9.88. The number of rotatable bonds is 5. The van der Waals surface area contributed by atoms with Crippen LogP contribution in [0.2, 0.25) is 0 Å². The van der Waals surface area contributed by atoms with Crippen molar-refractivity contribution in [1.82, 2.24) is 4.31 Å². The minimum atomic E-state index is -3.53. The Kier molecular flexibility index (Phi) is 5.37. The van der Waals surface area contributed by atoms with Gasteiger partial charge in [0.15, 0.2) is 0 Å². The molecule has 0 spiro atoms. The van der Waals surface area contributed by atoms with Gasteiger partial charge in [0, 0.05) is 13.1 Å². The summed E-state index contributed by atoms with van der Waals surface area (Å²) >= 11 is 0. The van der Waals surface area contributed by atoms with Gasteiger partial charge in [0.25, 0.3) is 0 Å². The summed E-state index contributed by atoms with van der Waals surface area (Å²) in [6.07, 6.45) is 0.672. The average Bonchev–Trinajstić information content (AvgIpc) is 2.54. The van der Waals surface area contributed by atoms with Crippen LogP contribution in [0.1, 0.15) is 38.4 Å². The highest BCUT2D eigenvalue weighted by molar-refractivity contribution is 7.89. The van der Waals surface area contributed by atoms with E-state index in [4.69, 9.17) is 4.74 Å². The smallest absolute Gasteiger partial charge is 0.243 e. The fourth-order valence-corrected chi connectivity index (χ4v) is 3.94. The number of nitrogens with zero attached hydrogens (tertiary/aromatic N) is 1. The zero-order valence-electron chi connectivity index (χ0n) is 12.5. The fourth-order valence-electron chi connectivity index (χ4n) is 2.42. The topological polar surface area (TPSA) is 66.8 Å². The molecule has 0 amide bonds. The van der Waals surface area contributed by atoms with E-state index in [-0.39, 0.29) is 11.0 Å². The van der Waals surface area contributed by atoms with Crippen molar-refractivity contribution in [3.63, 3.8) is 0 Å². The standard InChI is InChI=1S/C15H23NO4S/c1-3-13-11-16(8-9-20-13)21(18,19)14-7-5-6-12(10-14)15(17)4-2/h5-7,10,13,15,17H,3-4,8-9,11H2,1-2H3. The molecule has 6 heteroatoms. The quantitative estimate of drug-likeness (QED) is 0.902. The molecular formula is C15H23NO4S. The van der Waals surface area contributed by atoms with Crippen molar-refractivity contribution in [1.29, 1.82) is 0 Å². The number of benzene rings is 1. The number of ether oxygens (including phenoxy) is 1.